The molecule has 1 atom stereocenters. The number of hydrogen-bond donors (Lipinski definition) is 1. The molecule has 6 heteroatoms. The third-order valence-corrected chi connectivity index (χ3v) is 6.00. The van der Waals surface area contributed by atoms with Crippen LogP contribution in [0.4, 0.5) is 4.79 Å². The zero-order chi connectivity index (χ0) is 18.1. The van der Waals surface area contributed by atoms with Crippen molar-refractivity contribution in [2.24, 2.45) is 0 Å². The molecule has 4 rings (SSSR count). The number of carbonyl (C=O) groups excluding carboxylic acids is 2. The summed E-state index contributed by atoms with van der Waals surface area (Å²) in [7, 11) is 1.78. The molecular weight excluding hydrogens is 330 g/mol. The van der Waals surface area contributed by atoms with Gasteiger partial charge in [-0.15, -0.1) is 0 Å². The van der Waals surface area contributed by atoms with Gasteiger partial charge in [0.15, 0.2) is 0 Å². The SMILES string of the molecule is CN1CCN(C(=O)N[C@@H]2CC3(CCCCC3)Oc3ccccc32)CC1=O. The van der Waals surface area contributed by atoms with E-state index in [0.29, 0.717) is 13.1 Å². The minimum absolute atomic E-state index is 0.0115. The number of amides is 3. The van der Waals surface area contributed by atoms with Gasteiger partial charge in [-0.05, 0) is 31.7 Å². The van der Waals surface area contributed by atoms with E-state index in [1.54, 1.807) is 16.8 Å². The predicted molar refractivity (Wildman–Crippen MR) is 98.0 cm³/mol. The standard InChI is InChI=1S/C20H27N3O3/c1-22-11-12-23(14-18(22)24)19(25)21-16-13-20(9-5-2-6-10-20)26-17-8-4-3-7-15(16)17/h3-4,7-8,16H,2,5-6,9-14H2,1H3,(H,21,25)/t16-/m1/s1. The number of rotatable bonds is 1. The average Bonchev–Trinajstić information content (AvgIpc) is 2.64. The Balaban J connectivity index is 1.53. The van der Waals surface area contributed by atoms with E-state index in [-0.39, 0.29) is 30.1 Å². The first-order valence-electron chi connectivity index (χ1n) is 9.64. The lowest BCUT2D eigenvalue weighted by Gasteiger charge is -2.45. The van der Waals surface area contributed by atoms with Crippen LogP contribution in [0.3, 0.4) is 0 Å². The maximum atomic E-state index is 12.8. The molecule has 6 nitrogen and oxygen atoms in total. The second kappa shape index (κ2) is 6.82. The topological polar surface area (TPSA) is 61.9 Å². The van der Waals surface area contributed by atoms with E-state index in [1.807, 2.05) is 24.3 Å². The van der Waals surface area contributed by atoms with Crippen molar-refractivity contribution in [2.45, 2.75) is 50.2 Å². The lowest BCUT2D eigenvalue weighted by Crippen LogP contribution is -2.55. The Labute approximate surface area is 154 Å². The third-order valence-electron chi connectivity index (χ3n) is 6.00. The van der Waals surface area contributed by atoms with Crippen molar-refractivity contribution in [3.8, 4) is 5.75 Å². The largest absolute Gasteiger partial charge is 0.487 e. The van der Waals surface area contributed by atoms with E-state index in [1.165, 1.54) is 19.3 Å². The van der Waals surface area contributed by atoms with E-state index in [2.05, 4.69) is 5.32 Å². The minimum atomic E-state index is -0.164. The highest BCUT2D eigenvalue weighted by atomic mass is 16.5. The van der Waals surface area contributed by atoms with Crippen LogP contribution in [-0.4, -0.2) is 54.0 Å². The van der Waals surface area contributed by atoms with Crippen molar-refractivity contribution in [3.63, 3.8) is 0 Å². The van der Waals surface area contributed by atoms with Crippen molar-refractivity contribution in [1.29, 1.82) is 0 Å². The maximum absolute atomic E-state index is 12.8. The van der Waals surface area contributed by atoms with E-state index in [9.17, 15) is 9.59 Å². The highest BCUT2D eigenvalue weighted by Crippen LogP contribution is 2.46. The summed E-state index contributed by atoms with van der Waals surface area (Å²) in [6.07, 6.45) is 6.50. The molecule has 2 aliphatic heterocycles. The summed E-state index contributed by atoms with van der Waals surface area (Å²) in [5.74, 6) is 0.878. The first kappa shape index (κ1) is 17.2. The molecule has 1 aliphatic carbocycles. The molecule has 2 fully saturated rings. The quantitative estimate of drug-likeness (QED) is 0.841. The molecule has 3 aliphatic rings. The summed E-state index contributed by atoms with van der Waals surface area (Å²) in [6, 6.07) is 7.78. The molecule has 0 aromatic heterocycles. The highest BCUT2D eigenvalue weighted by Gasteiger charge is 2.42. The number of urea groups is 1. The average molecular weight is 357 g/mol. The molecule has 1 N–H and O–H groups in total. The van der Waals surface area contributed by atoms with Crippen LogP contribution in [0.15, 0.2) is 24.3 Å². The van der Waals surface area contributed by atoms with Gasteiger partial charge in [-0.25, -0.2) is 4.79 Å². The number of carbonyl (C=O) groups is 2. The molecule has 0 unspecified atom stereocenters. The van der Waals surface area contributed by atoms with Gasteiger partial charge in [0.05, 0.1) is 6.04 Å². The molecular formula is C20H27N3O3. The van der Waals surface area contributed by atoms with Gasteiger partial charge in [0.25, 0.3) is 0 Å². The highest BCUT2D eigenvalue weighted by molar-refractivity contribution is 5.85. The molecule has 0 radical (unpaired) electrons. The number of likely N-dealkylation sites (N-methyl/N-ethyl adjacent to an activating group) is 1. The molecule has 1 saturated carbocycles. The van der Waals surface area contributed by atoms with Gasteiger partial charge in [0, 0.05) is 32.1 Å². The number of fused-ring (bicyclic) bond motifs is 1. The van der Waals surface area contributed by atoms with Crippen LogP contribution in [0, 0.1) is 0 Å². The Morgan fingerprint density at radius 2 is 1.96 bits per heavy atom. The molecule has 1 aromatic carbocycles. The van der Waals surface area contributed by atoms with Crippen molar-refractivity contribution >= 4 is 11.9 Å². The van der Waals surface area contributed by atoms with Gasteiger partial charge >= 0.3 is 6.03 Å². The first-order valence-corrected chi connectivity index (χ1v) is 9.64. The molecule has 1 spiro atoms. The van der Waals surface area contributed by atoms with Crippen LogP contribution in [0.25, 0.3) is 0 Å². The normalized spacial score (nSPS) is 24.8. The Morgan fingerprint density at radius 3 is 2.73 bits per heavy atom. The molecule has 1 aromatic rings. The van der Waals surface area contributed by atoms with E-state index >= 15 is 0 Å². The van der Waals surface area contributed by atoms with Crippen molar-refractivity contribution in [3.05, 3.63) is 29.8 Å². The van der Waals surface area contributed by atoms with Crippen molar-refractivity contribution in [1.82, 2.24) is 15.1 Å². The zero-order valence-corrected chi connectivity index (χ0v) is 15.4. The fourth-order valence-corrected chi connectivity index (χ4v) is 4.42. The van der Waals surface area contributed by atoms with Gasteiger partial charge in [-0.1, -0.05) is 24.6 Å². The maximum Gasteiger partial charge on any atom is 0.318 e. The van der Waals surface area contributed by atoms with Crippen molar-refractivity contribution < 1.29 is 14.3 Å². The second-order valence-electron chi connectivity index (χ2n) is 7.83. The van der Waals surface area contributed by atoms with Crippen molar-refractivity contribution in [2.75, 3.05) is 26.7 Å². The molecule has 26 heavy (non-hydrogen) atoms. The van der Waals surface area contributed by atoms with Gasteiger partial charge < -0.3 is 19.9 Å². The number of nitrogens with one attached hydrogen (secondary N) is 1. The monoisotopic (exact) mass is 357 g/mol. The van der Waals surface area contributed by atoms with E-state index in [4.69, 9.17) is 4.74 Å². The third kappa shape index (κ3) is 3.24. The molecule has 140 valence electrons. The van der Waals surface area contributed by atoms with Crippen LogP contribution in [0.2, 0.25) is 0 Å². The summed E-state index contributed by atoms with van der Waals surface area (Å²) in [5, 5.41) is 3.19. The van der Waals surface area contributed by atoms with Crippen LogP contribution in [0.1, 0.15) is 50.1 Å². The summed E-state index contributed by atoms with van der Waals surface area (Å²) in [5.41, 5.74) is 0.875. The van der Waals surface area contributed by atoms with Crippen LogP contribution >= 0.6 is 0 Å². The molecule has 0 bridgehead atoms. The molecule has 3 amide bonds. The Morgan fingerprint density at radius 1 is 1.19 bits per heavy atom. The Hall–Kier alpha value is -2.24. The predicted octanol–water partition coefficient (Wildman–Crippen LogP) is 2.70. The van der Waals surface area contributed by atoms with Gasteiger partial charge in [-0.3, -0.25) is 4.79 Å². The Kier molecular flexibility index (Phi) is 4.51. The minimum Gasteiger partial charge on any atom is -0.487 e. The fraction of sp³-hybridized carbons (Fsp3) is 0.600. The van der Waals surface area contributed by atoms with Gasteiger partial charge in [0.1, 0.15) is 17.9 Å². The van der Waals surface area contributed by atoms with Gasteiger partial charge in [-0.2, -0.15) is 0 Å². The van der Waals surface area contributed by atoms with Crippen LogP contribution in [-0.2, 0) is 4.79 Å². The van der Waals surface area contributed by atoms with E-state index < -0.39 is 0 Å². The number of hydrogen-bond acceptors (Lipinski definition) is 3. The first-order chi connectivity index (χ1) is 12.6. The van der Waals surface area contributed by atoms with Crippen LogP contribution < -0.4 is 10.1 Å². The van der Waals surface area contributed by atoms with Gasteiger partial charge in [0.2, 0.25) is 5.91 Å². The number of para-hydroxylation sites is 1. The number of ether oxygens (including phenoxy) is 1. The smallest absolute Gasteiger partial charge is 0.318 e. The lowest BCUT2D eigenvalue weighted by atomic mass is 9.77. The summed E-state index contributed by atoms with van der Waals surface area (Å²) >= 11 is 0. The summed E-state index contributed by atoms with van der Waals surface area (Å²) in [6.45, 7) is 1.31. The van der Waals surface area contributed by atoms with Crippen LogP contribution in [0.5, 0.6) is 5.75 Å². The zero-order valence-electron chi connectivity index (χ0n) is 15.4. The number of nitrogens with zero attached hydrogens (tertiary/aromatic N) is 2. The summed E-state index contributed by atoms with van der Waals surface area (Å²) < 4.78 is 6.42. The summed E-state index contributed by atoms with van der Waals surface area (Å²) in [4.78, 5) is 28.0. The van der Waals surface area contributed by atoms with E-state index in [0.717, 1.165) is 30.6 Å². The fourth-order valence-electron chi connectivity index (χ4n) is 4.42. The molecule has 1 saturated heterocycles. The Bertz CT molecular complexity index is 699. The second-order valence-corrected chi connectivity index (χ2v) is 7.83. The molecule has 2 heterocycles. The number of benzene rings is 1. The number of piperazine rings is 1. The lowest BCUT2D eigenvalue weighted by molar-refractivity contribution is -0.133.